The summed E-state index contributed by atoms with van der Waals surface area (Å²) < 4.78 is 48.8. The molecule has 2 fully saturated rings. The van der Waals surface area contributed by atoms with Gasteiger partial charge in [-0.3, -0.25) is 4.79 Å². The van der Waals surface area contributed by atoms with Crippen molar-refractivity contribution in [3.63, 3.8) is 0 Å². The van der Waals surface area contributed by atoms with Crippen LogP contribution in [0.2, 0.25) is 0 Å². The Balaban J connectivity index is 1.58. The van der Waals surface area contributed by atoms with Crippen LogP contribution in [-0.2, 0) is 20.2 Å². The monoisotopic (exact) mass is 618 g/mol. The van der Waals surface area contributed by atoms with Crippen molar-refractivity contribution in [3.05, 3.63) is 23.9 Å². The molecule has 1 aromatic heterocycles. The molecule has 1 aliphatic carbocycles. The van der Waals surface area contributed by atoms with Gasteiger partial charge in [0.05, 0.1) is 24.7 Å². The number of amides is 2. The lowest BCUT2D eigenvalue weighted by Gasteiger charge is -2.35. The van der Waals surface area contributed by atoms with Gasteiger partial charge in [0, 0.05) is 24.3 Å². The normalized spacial score (nSPS) is 31.0. The summed E-state index contributed by atoms with van der Waals surface area (Å²) in [6.07, 6.45) is -0.480. The van der Waals surface area contributed by atoms with E-state index >= 15 is 8.78 Å². The van der Waals surface area contributed by atoms with E-state index in [2.05, 4.69) is 15.3 Å². The van der Waals surface area contributed by atoms with Gasteiger partial charge >= 0.3 is 12.1 Å². The third-order valence-corrected chi connectivity index (χ3v) is 9.13. The lowest BCUT2D eigenvalue weighted by Crippen LogP contribution is -2.57. The number of alkyl halides is 2. The minimum Gasteiger partial charge on any atom is -0.497 e. The fourth-order valence-corrected chi connectivity index (χ4v) is 6.29. The van der Waals surface area contributed by atoms with Gasteiger partial charge in [-0.15, -0.1) is 0 Å². The molecule has 2 bridgehead atoms. The van der Waals surface area contributed by atoms with Crippen LogP contribution in [-0.4, -0.2) is 75.4 Å². The van der Waals surface area contributed by atoms with Crippen LogP contribution in [0.4, 0.5) is 13.6 Å². The van der Waals surface area contributed by atoms with Gasteiger partial charge in [-0.1, -0.05) is 34.1 Å². The van der Waals surface area contributed by atoms with Gasteiger partial charge in [0.25, 0.3) is 5.92 Å². The molecule has 1 saturated heterocycles. The number of alkyl carbamates (subject to hydrolysis) is 1. The fourth-order valence-electron chi connectivity index (χ4n) is 6.29. The van der Waals surface area contributed by atoms with E-state index in [4.69, 9.17) is 14.2 Å². The summed E-state index contributed by atoms with van der Waals surface area (Å²) >= 11 is 0. The Morgan fingerprint density at radius 2 is 1.91 bits per heavy atom. The summed E-state index contributed by atoms with van der Waals surface area (Å²) in [5, 5.41) is 12.9. The topological polar surface area (TPSA) is 140 Å². The number of carbonyl (C=O) groups is 3. The van der Waals surface area contributed by atoms with Crippen LogP contribution in [0.5, 0.6) is 11.6 Å². The first-order valence-corrected chi connectivity index (χ1v) is 15.0. The predicted octanol–water partition coefficient (Wildman–Crippen LogP) is 4.90. The highest BCUT2D eigenvalue weighted by Gasteiger charge is 2.55. The van der Waals surface area contributed by atoms with Crippen molar-refractivity contribution in [1.82, 2.24) is 20.2 Å². The molecule has 11 nitrogen and oxygen atoms in total. The van der Waals surface area contributed by atoms with Crippen LogP contribution < -0.4 is 14.8 Å². The molecule has 44 heavy (non-hydrogen) atoms. The summed E-state index contributed by atoms with van der Waals surface area (Å²) in [5.41, 5.74) is -1.74. The highest BCUT2D eigenvalue weighted by atomic mass is 19.3. The molecule has 0 unspecified atom stereocenters. The number of aromatic nitrogens is 2. The van der Waals surface area contributed by atoms with E-state index in [1.165, 1.54) is 13.2 Å². The largest absolute Gasteiger partial charge is 0.497 e. The van der Waals surface area contributed by atoms with E-state index in [9.17, 15) is 19.5 Å². The molecular weight excluding hydrogens is 578 g/mol. The molecule has 3 heterocycles. The first kappa shape index (κ1) is 31.6. The van der Waals surface area contributed by atoms with Crippen molar-refractivity contribution in [2.75, 3.05) is 13.7 Å². The summed E-state index contributed by atoms with van der Waals surface area (Å²) in [5.74, 6) is -6.13. The Bertz CT molecular complexity index is 1460. The molecule has 240 valence electrons. The average molecular weight is 619 g/mol. The van der Waals surface area contributed by atoms with Gasteiger partial charge < -0.3 is 29.5 Å². The van der Waals surface area contributed by atoms with Crippen molar-refractivity contribution in [3.8, 4) is 11.6 Å². The number of carbonyl (C=O) groups excluding carboxylic acids is 2. The molecule has 2 amide bonds. The highest BCUT2D eigenvalue weighted by molar-refractivity contribution is 5.90. The number of nitrogens with zero attached hydrogens (tertiary/aromatic N) is 3. The minimum absolute atomic E-state index is 0.00420. The quantitative estimate of drug-likeness (QED) is 0.481. The smallest absolute Gasteiger partial charge is 0.408 e. The maximum absolute atomic E-state index is 15.9. The minimum atomic E-state index is -3.41. The molecule has 1 aromatic carbocycles. The summed E-state index contributed by atoms with van der Waals surface area (Å²) in [4.78, 5) is 49.3. The van der Waals surface area contributed by atoms with Crippen molar-refractivity contribution in [1.29, 1.82) is 0 Å². The van der Waals surface area contributed by atoms with Gasteiger partial charge in [-0.05, 0) is 43.7 Å². The first-order valence-electron chi connectivity index (χ1n) is 15.0. The summed E-state index contributed by atoms with van der Waals surface area (Å²) in [6, 6.07) is 2.21. The van der Waals surface area contributed by atoms with E-state index in [1.54, 1.807) is 46.8 Å². The van der Waals surface area contributed by atoms with Crippen LogP contribution in [0.25, 0.3) is 11.0 Å². The van der Waals surface area contributed by atoms with Gasteiger partial charge in [0.2, 0.25) is 11.8 Å². The van der Waals surface area contributed by atoms with Crippen molar-refractivity contribution >= 4 is 29.0 Å². The maximum Gasteiger partial charge on any atom is 0.408 e. The van der Waals surface area contributed by atoms with Crippen molar-refractivity contribution < 1.29 is 42.5 Å². The molecule has 13 heteroatoms. The molecule has 3 aliphatic rings. The molecule has 2 aromatic rings. The predicted molar refractivity (Wildman–Crippen MR) is 155 cm³/mol. The van der Waals surface area contributed by atoms with Crippen molar-refractivity contribution in [2.45, 2.75) is 96.4 Å². The Labute approximate surface area is 254 Å². The Morgan fingerprint density at radius 3 is 2.57 bits per heavy atom. The standard InChI is InChI=1S/C31H40F2N4O7/c1-16-21-15-37(22(16)27(39)40)26(38)24(29(2,3)4)36-28(41)44-30(5)14-17(30)9-7-8-12-31(32,33)23-25(43-21)35-20-13-18(42-6)10-11-19(20)34-23/h10-11,13,16-17,21-22,24H,7-9,12,14-15H2,1-6H3,(H,36,41)(H,39,40)/t16-,17-,21+,22+,24-,30-/m1/s1. The van der Waals surface area contributed by atoms with Crippen LogP contribution in [0.1, 0.15) is 72.4 Å². The second-order valence-corrected chi connectivity index (χ2v) is 13.5. The zero-order chi connectivity index (χ0) is 32.2. The second kappa shape index (κ2) is 11.3. The third kappa shape index (κ3) is 6.10. The number of methoxy groups -OCH3 is 1. The van der Waals surface area contributed by atoms with E-state index in [0.29, 0.717) is 25.0 Å². The molecule has 2 aliphatic heterocycles. The van der Waals surface area contributed by atoms with E-state index in [1.807, 2.05) is 0 Å². The SMILES string of the molecule is COc1ccc2nc3c(nc2c1)O[C@H]1CN(C(=O)[C@H](C(C)(C)C)NC(=O)O[C@]2(C)C[C@H]2CCCCC3(F)F)[C@H](C(=O)O)[C@@H]1C. The molecule has 1 saturated carbocycles. The molecule has 0 radical (unpaired) electrons. The zero-order valence-electron chi connectivity index (χ0n) is 25.9. The number of ether oxygens (including phenoxy) is 3. The first-order chi connectivity index (χ1) is 20.5. The summed E-state index contributed by atoms with van der Waals surface area (Å²) in [7, 11) is 1.47. The third-order valence-electron chi connectivity index (χ3n) is 9.13. The van der Waals surface area contributed by atoms with Gasteiger partial charge in [0.1, 0.15) is 29.5 Å². The number of hydrogen-bond donors (Lipinski definition) is 2. The lowest BCUT2D eigenvalue weighted by molar-refractivity contribution is -0.151. The number of halogens is 2. The van der Waals surface area contributed by atoms with E-state index in [-0.39, 0.29) is 29.9 Å². The summed E-state index contributed by atoms with van der Waals surface area (Å²) in [6.45, 7) is 8.38. The maximum atomic E-state index is 15.9. The number of benzene rings is 1. The molecule has 0 spiro atoms. The molecule has 2 N–H and O–H groups in total. The zero-order valence-corrected chi connectivity index (χ0v) is 25.9. The Hall–Kier alpha value is -3.77. The number of carboxylic acid groups (broad SMARTS) is 1. The number of rotatable bonds is 2. The van der Waals surface area contributed by atoms with Gasteiger partial charge in [-0.2, -0.15) is 8.78 Å². The fraction of sp³-hybridized carbons (Fsp3) is 0.645. The number of carboxylic acids is 1. The van der Waals surface area contributed by atoms with Crippen LogP contribution in [0.15, 0.2) is 18.2 Å². The highest BCUT2D eigenvalue weighted by Crippen LogP contribution is 2.50. The van der Waals surface area contributed by atoms with E-state index in [0.717, 1.165) is 4.90 Å². The van der Waals surface area contributed by atoms with Crippen LogP contribution in [0.3, 0.4) is 0 Å². The molecule has 5 rings (SSSR count). The van der Waals surface area contributed by atoms with Gasteiger partial charge in [-0.25, -0.2) is 19.6 Å². The van der Waals surface area contributed by atoms with Crippen LogP contribution >= 0.6 is 0 Å². The molecule has 6 atom stereocenters. The Kier molecular flexibility index (Phi) is 8.13. The number of hydrogen-bond acceptors (Lipinski definition) is 8. The second-order valence-electron chi connectivity index (χ2n) is 13.5. The number of nitrogens with one attached hydrogen (secondary N) is 1. The van der Waals surface area contributed by atoms with Crippen LogP contribution in [0, 0.1) is 17.3 Å². The van der Waals surface area contributed by atoms with Crippen molar-refractivity contribution in [2.24, 2.45) is 17.3 Å². The Morgan fingerprint density at radius 1 is 1.18 bits per heavy atom. The average Bonchev–Trinajstić information content (AvgIpc) is 3.45. The van der Waals surface area contributed by atoms with E-state index < -0.39 is 77.0 Å². The lowest BCUT2D eigenvalue weighted by atomic mass is 9.85. The number of aliphatic carboxylic acids is 1. The number of fused-ring (bicyclic) bond motifs is 5. The van der Waals surface area contributed by atoms with Gasteiger partial charge in [0.15, 0.2) is 5.69 Å². The molecular formula is C31H40F2N4O7.